The van der Waals surface area contributed by atoms with Gasteiger partial charge >= 0.3 is 0 Å². The molecule has 1 aliphatic carbocycles. The Morgan fingerprint density at radius 2 is 1.81 bits per heavy atom. The molecule has 3 nitrogen and oxygen atoms in total. The van der Waals surface area contributed by atoms with Crippen molar-refractivity contribution in [3.63, 3.8) is 0 Å². The fraction of sp³-hybridized carbons (Fsp3) is 0.333. The van der Waals surface area contributed by atoms with Crippen molar-refractivity contribution in [3.8, 4) is 0 Å². The van der Waals surface area contributed by atoms with Crippen LogP contribution >= 0.6 is 0 Å². The maximum Gasteiger partial charge on any atom is 0.238 e. The number of benzene rings is 1. The lowest BCUT2D eigenvalue weighted by Gasteiger charge is -2.11. The molecular formula is C12H12FNO2. The van der Waals surface area contributed by atoms with Crippen LogP contribution in [-0.4, -0.2) is 11.7 Å². The molecule has 0 atom stereocenters. The van der Waals surface area contributed by atoms with Crippen LogP contribution in [0.4, 0.5) is 10.1 Å². The van der Waals surface area contributed by atoms with E-state index in [4.69, 9.17) is 0 Å². The molecule has 0 radical (unpaired) electrons. The third-order valence-electron chi connectivity index (χ3n) is 2.96. The number of Topliss-reactive ketones (excluding diaryl/α,β-unsaturated/α-hetero) is 1. The van der Waals surface area contributed by atoms with Crippen LogP contribution in [-0.2, 0) is 9.59 Å². The molecule has 0 aromatic heterocycles. The Hall–Kier alpha value is -1.71. The average Bonchev–Trinajstić information content (AvgIpc) is 3.02. The third-order valence-corrected chi connectivity index (χ3v) is 2.96. The van der Waals surface area contributed by atoms with Crippen molar-refractivity contribution >= 4 is 17.4 Å². The number of hydrogen-bond acceptors (Lipinski definition) is 2. The Morgan fingerprint density at radius 1 is 1.25 bits per heavy atom. The van der Waals surface area contributed by atoms with Gasteiger partial charge in [0.15, 0.2) is 0 Å². The maximum absolute atomic E-state index is 12.6. The first kappa shape index (κ1) is 10.8. The van der Waals surface area contributed by atoms with Crippen LogP contribution in [0.5, 0.6) is 0 Å². The fourth-order valence-electron chi connectivity index (χ4n) is 1.65. The highest BCUT2D eigenvalue weighted by molar-refractivity contribution is 6.12. The number of anilines is 1. The molecule has 0 bridgehead atoms. The summed E-state index contributed by atoms with van der Waals surface area (Å²) in [5, 5.41) is 2.63. The molecule has 1 amide bonds. The van der Waals surface area contributed by atoms with E-state index >= 15 is 0 Å². The molecule has 1 N–H and O–H groups in total. The number of nitrogens with one attached hydrogen (secondary N) is 1. The van der Waals surface area contributed by atoms with Gasteiger partial charge in [-0.3, -0.25) is 9.59 Å². The second-order valence-electron chi connectivity index (χ2n) is 4.10. The van der Waals surface area contributed by atoms with Crippen LogP contribution in [0.15, 0.2) is 24.3 Å². The van der Waals surface area contributed by atoms with Crippen molar-refractivity contribution in [3.05, 3.63) is 30.1 Å². The smallest absolute Gasteiger partial charge is 0.238 e. The predicted octanol–water partition coefficient (Wildman–Crippen LogP) is 2.13. The zero-order valence-electron chi connectivity index (χ0n) is 8.92. The fourth-order valence-corrected chi connectivity index (χ4v) is 1.65. The molecule has 0 unspecified atom stereocenters. The minimum Gasteiger partial charge on any atom is -0.325 e. The van der Waals surface area contributed by atoms with Gasteiger partial charge in [0.1, 0.15) is 17.0 Å². The monoisotopic (exact) mass is 221 g/mol. The first-order chi connectivity index (χ1) is 7.54. The minimum atomic E-state index is -0.825. The second-order valence-corrected chi connectivity index (χ2v) is 4.10. The van der Waals surface area contributed by atoms with E-state index < -0.39 is 5.41 Å². The van der Waals surface area contributed by atoms with E-state index in [1.807, 2.05) is 0 Å². The Bertz CT molecular complexity index is 435. The zero-order chi connectivity index (χ0) is 11.8. The molecule has 1 fully saturated rings. The summed E-state index contributed by atoms with van der Waals surface area (Å²) in [6.07, 6.45) is 1.21. The topological polar surface area (TPSA) is 46.2 Å². The van der Waals surface area contributed by atoms with Crippen LogP contribution in [0.2, 0.25) is 0 Å². The molecule has 1 aliphatic rings. The molecule has 4 heteroatoms. The summed E-state index contributed by atoms with van der Waals surface area (Å²) in [6.45, 7) is 1.43. The molecule has 1 aromatic carbocycles. The van der Waals surface area contributed by atoms with E-state index in [9.17, 15) is 14.0 Å². The van der Waals surface area contributed by atoms with Crippen molar-refractivity contribution < 1.29 is 14.0 Å². The van der Waals surface area contributed by atoms with Gasteiger partial charge in [-0.15, -0.1) is 0 Å². The van der Waals surface area contributed by atoms with Gasteiger partial charge in [-0.1, -0.05) is 0 Å². The second kappa shape index (κ2) is 3.70. The van der Waals surface area contributed by atoms with Gasteiger partial charge in [-0.05, 0) is 44.0 Å². The number of carbonyl (C=O) groups excluding carboxylic acids is 2. The van der Waals surface area contributed by atoms with Crippen molar-refractivity contribution in [2.24, 2.45) is 5.41 Å². The Kier molecular flexibility index (Phi) is 2.50. The normalized spacial score (nSPS) is 16.6. The third kappa shape index (κ3) is 1.83. The molecule has 0 spiro atoms. The number of rotatable bonds is 3. The summed E-state index contributed by atoms with van der Waals surface area (Å²) in [4.78, 5) is 23.1. The number of halogens is 1. The predicted molar refractivity (Wildman–Crippen MR) is 57.4 cm³/mol. The van der Waals surface area contributed by atoms with E-state index in [-0.39, 0.29) is 17.5 Å². The van der Waals surface area contributed by atoms with E-state index in [0.717, 1.165) is 0 Å². The largest absolute Gasteiger partial charge is 0.325 e. The van der Waals surface area contributed by atoms with Gasteiger partial charge in [-0.25, -0.2) is 4.39 Å². The van der Waals surface area contributed by atoms with Crippen LogP contribution in [0.25, 0.3) is 0 Å². The Balaban J connectivity index is 2.08. The van der Waals surface area contributed by atoms with Gasteiger partial charge in [0.05, 0.1) is 0 Å². The molecule has 0 aliphatic heterocycles. The number of hydrogen-bond donors (Lipinski definition) is 1. The lowest BCUT2D eigenvalue weighted by Crippen LogP contribution is -2.29. The number of amides is 1. The standard InChI is InChI=1S/C12H12FNO2/c1-8(15)12(6-7-12)11(16)14-10-4-2-9(13)3-5-10/h2-5H,6-7H2,1H3,(H,14,16). The van der Waals surface area contributed by atoms with E-state index in [0.29, 0.717) is 18.5 Å². The van der Waals surface area contributed by atoms with Gasteiger partial charge in [0.25, 0.3) is 0 Å². The van der Waals surface area contributed by atoms with E-state index in [1.54, 1.807) is 0 Å². The summed E-state index contributed by atoms with van der Waals surface area (Å²) >= 11 is 0. The first-order valence-corrected chi connectivity index (χ1v) is 5.13. The molecule has 0 saturated heterocycles. The summed E-state index contributed by atoms with van der Waals surface area (Å²) in [6, 6.07) is 5.48. The summed E-state index contributed by atoms with van der Waals surface area (Å²) in [5.41, 5.74) is -0.312. The molecule has 0 heterocycles. The van der Waals surface area contributed by atoms with Crippen molar-refractivity contribution in [1.29, 1.82) is 0 Å². The number of ketones is 1. The average molecular weight is 221 g/mol. The SMILES string of the molecule is CC(=O)C1(C(=O)Nc2ccc(F)cc2)CC1. The maximum atomic E-state index is 12.6. The molecule has 2 rings (SSSR count). The summed E-state index contributed by atoms with van der Waals surface area (Å²) in [7, 11) is 0. The van der Waals surface area contributed by atoms with Gasteiger partial charge in [0, 0.05) is 5.69 Å². The van der Waals surface area contributed by atoms with Gasteiger partial charge < -0.3 is 5.32 Å². The summed E-state index contributed by atoms with van der Waals surface area (Å²) < 4.78 is 12.6. The van der Waals surface area contributed by atoms with Crippen LogP contribution in [0.3, 0.4) is 0 Å². The molecule has 1 aromatic rings. The van der Waals surface area contributed by atoms with Crippen LogP contribution < -0.4 is 5.32 Å². The number of carbonyl (C=O) groups is 2. The lowest BCUT2D eigenvalue weighted by molar-refractivity contribution is -0.131. The highest BCUT2D eigenvalue weighted by Gasteiger charge is 2.54. The Labute approximate surface area is 92.7 Å². The van der Waals surface area contributed by atoms with E-state index in [1.165, 1.54) is 31.2 Å². The summed E-state index contributed by atoms with van der Waals surface area (Å²) in [5.74, 6) is -0.746. The highest BCUT2D eigenvalue weighted by Crippen LogP contribution is 2.47. The van der Waals surface area contributed by atoms with Crippen molar-refractivity contribution in [2.45, 2.75) is 19.8 Å². The van der Waals surface area contributed by atoms with Crippen LogP contribution in [0.1, 0.15) is 19.8 Å². The minimum absolute atomic E-state index is 0.105. The highest BCUT2D eigenvalue weighted by atomic mass is 19.1. The lowest BCUT2D eigenvalue weighted by atomic mass is 10.0. The van der Waals surface area contributed by atoms with Gasteiger partial charge in [0.2, 0.25) is 5.91 Å². The molecule has 16 heavy (non-hydrogen) atoms. The van der Waals surface area contributed by atoms with Crippen molar-refractivity contribution in [1.82, 2.24) is 0 Å². The first-order valence-electron chi connectivity index (χ1n) is 5.13. The quantitative estimate of drug-likeness (QED) is 0.795. The van der Waals surface area contributed by atoms with Gasteiger partial charge in [-0.2, -0.15) is 0 Å². The van der Waals surface area contributed by atoms with Crippen molar-refractivity contribution in [2.75, 3.05) is 5.32 Å². The Morgan fingerprint density at radius 3 is 2.25 bits per heavy atom. The molecular weight excluding hydrogens is 209 g/mol. The van der Waals surface area contributed by atoms with E-state index in [2.05, 4.69) is 5.32 Å². The molecule has 84 valence electrons. The zero-order valence-corrected chi connectivity index (χ0v) is 8.92. The van der Waals surface area contributed by atoms with Crippen LogP contribution in [0, 0.1) is 11.2 Å². The molecule has 1 saturated carbocycles.